The predicted molar refractivity (Wildman–Crippen MR) is 143 cm³/mol. The Labute approximate surface area is 221 Å². The number of hydrogen-bond acceptors (Lipinski definition) is 6. The van der Waals surface area contributed by atoms with Gasteiger partial charge in [-0.1, -0.05) is 48.4 Å². The van der Waals surface area contributed by atoms with E-state index in [1.54, 1.807) is 12.1 Å². The van der Waals surface area contributed by atoms with E-state index in [2.05, 4.69) is 39.8 Å². The average molecular weight is 511 g/mol. The SMILES string of the molecule is CC(=O)OC[C@H]1[C@H]([C@@H]2[C@H](C)CC[C@@H]2OC(=O)c2ccccc2)[C@H](/C(C)=C\CC=C(C)C)C[C@H]1OC(C)=O. The zero-order chi connectivity index (χ0) is 27.1. The average Bonchev–Trinajstić information content (AvgIpc) is 3.36. The minimum Gasteiger partial charge on any atom is -0.465 e. The molecule has 0 aliphatic heterocycles. The topological polar surface area (TPSA) is 78.9 Å². The minimum atomic E-state index is -0.364. The van der Waals surface area contributed by atoms with Crippen LogP contribution < -0.4 is 0 Å². The van der Waals surface area contributed by atoms with Gasteiger partial charge in [0.2, 0.25) is 0 Å². The van der Waals surface area contributed by atoms with Gasteiger partial charge in [0.05, 0.1) is 12.2 Å². The van der Waals surface area contributed by atoms with Gasteiger partial charge in [-0.2, -0.15) is 0 Å². The third-order valence-electron chi connectivity index (χ3n) is 7.98. The molecule has 37 heavy (non-hydrogen) atoms. The normalized spacial score (nSPS) is 29.5. The maximum Gasteiger partial charge on any atom is 0.338 e. The first-order valence-electron chi connectivity index (χ1n) is 13.4. The van der Waals surface area contributed by atoms with Gasteiger partial charge in [0, 0.05) is 25.7 Å². The van der Waals surface area contributed by atoms with Crippen molar-refractivity contribution in [2.24, 2.45) is 29.6 Å². The number of carbonyl (C=O) groups is 3. The summed E-state index contributed by atoms with van der Waals surface area (Å²) in [5, 5.41) is 0. The van der Waals surface area contributed by atoms with Gasteiger partial charge < -0.3 is 14.2 Å². The molecule has 0 saturated heterocycles. The lowest BCUT2D eigenvalue weighted by Gasteiger charge is -2.36. The van der Waals surface area contributed by atoms with Gasteiger partial charge in [-0.25, -0.2) is 4.79 Å². The van der Waals surface area contributed by atoms with Crippen LogP contribution in [0.4, 0.5) is 0 Å². The third-order valence-corrected chi connectivity index (χ3v) is 7.98. The largest absolute Gasteiger partial charge is 0.465 e. The quantitative estimate of drug-likeness (QED) is 0.220. The van der Waals surface area contributed by atoms with Crippen LogP contribution >= 0.6 is 0 Å². The van der Waals surface area contributed by atoms with Crippen molar-refractivity contribution in [3.05, 3.63) is 59.2 Å². The second-order valence-electron chi connectivity index (χ2n) is 10.9. The maximum atomic E-state index is 13.0. The summed E-state index contributed by atoms with van der Waals surface area (Å²) in [4.78, 5) is 36.9. The number of rotatable bonds is 9. The molecule has 1 aromatic rings. The second kappa shape index (κ2) is 13.1. The van der Waals surface area contributed by atoms with Crippen molar-refractivity contribution in [3.63, 3.8) is 0 Å². The van der Waals surface area contributed by atoms with Crippen molar-refractivity contribution in [1.82, 2.24) is 0 Å². The summed E-state index contributed by atoms with van der Waals surface area (Å²) in [5.41, 5.74) is 3.03. The van der Waals surface area contributed by atoms with Crippen LogP contribution in [-0.2, 0) is 23.8 Å². The highest BCUT2D eigenvalue weighted by atomic mass is 16.6. The van der Waals surface area contributed by atoms with Crippen LogP contribution in [0.3, 0.4) is 0 Å². The molecule has 0 spiro atoms. The first-order valence-corrected chi connectivity index (χ1v) is 13.4. The minimum absolute atomic E-state index is 0.0396. The molecule has 2 fully saturated rings. The number of allylic oxidation sites excluding steroid dienone is 4. The number of hydrogen-bond donors (Lipinski definition) is 0. The summed E-state index contributed by atoms with van der Waals surface area (Å²) < 4.78 is 17.5. The molecule has 202 valence electrons. The molecule has 6 nitrogen and oxygen atoms in total. The lowest BCUT2D eigenvalue weighted by atomic mass is 9.71. The summed E-state index contributed by atoms with van der Waals surface area (Å²) in [6.45, 7) is 11.5. The fraction of sp³-hybridized carbons (Fsp3) is 0.581. The van der Waals surface area contributed by atoms with E-state index in [0.29, 0.717) is 17.9 Å². The van der Waals surface area contributed by atoms with Crippen LogP contribution in [0.2, 0.25) is 0 Å². The van der Waals surface area contributed by atoms with Gasteiger partial charge in [-0.05, 0) is 76.3 Å². The van der Waals surface area contributed by atoms with Crippen molar-refractivity contribution < 1.29 is 28.6 Å². The Morgan fingerprint density at radius 2 is 1.57 bits per heavy atom. The molecular weight excluding hydrogens is 468 g/mol. The molecular formula is C31H42O6. The van der Waals surface area contributed by atoms with Gasteiger partial charge >= 0.3 is 17.9 Å². The van der Waals surface area contributed by atoms with E-state index >= 15 is 0 Å². The van der Waals surface area contributed by atoms with Gasteiger partial charge in [-0.3, -0.25) is 9.59 Å². The molecule has 0 radical (unpaired) electrons. The molecule has 3 rings (SSSR count). The van der Waals surface area contributed by atoms with Crippen LogP contribution in [0.1, 0.15) is 77.6 Å². The highest BCUT2D eigenvalue weighted by molar-refractivity contribution is 5.89. The molecule has 7 atom stereocenters. The highest BCUT2D eigenvalue weighted by Gasteiger charge is 2.54. The van der Waals surface area contributed by atoms with E-state index in [4.69, 9.17) is 14.2 Å². The van der Waals surface area contributed by atoms with Crippen LogP contribution in [0.25, 0.3) is 0 Å². The van der Waals surface area contributed by atoms with E-state index in [9.17, 15) is 14.4 Å². The molecule has 2 aliphatic rings. The summed E-state index contributed by atoms with van der Waals surface area (Å²) >= 11 is 0. The van der Waals surface area contributed by atoms with Gasteiger partial charge in [0.15, 0.2) is 0 Å². The summed E-state index contributed by atoms with van der Waals surface area (Å²) in [6, 6.07) is 9.07. The lowest BCUT2D eigenvalue weighted by molar-refractivity contribution is -0.152. The summed E-state index contributed by atoms with van der Waals surface area (Å²) in [6.07, 6.45) is 7.04. The maximum absolute atomic E-state index is 13.0. The van der Waals surface area contributed by atoms with Crippen molar-refractivity contribution in [2.45, 2.75) is 79.4 Å². The molecule has 0 N–H and O–H groups in total. The molecule has 0 unspecified atom stereocenters. The Balaban J connectivity index is 1.97. The monoisotopic (exact) mass is 510 g/mol. The van der Waals surface area contributed by atoms with E-state index < -0.39 is 0 Å². The van der Waals surface area contributed by atoms with Crippen molar-refractivity contribution in [3.8, 4) is 0 Å². The van der Waals surface area contributed by atoms with Crippen LogP contribution in [0, 0.1) is 29.6 Å². The Hall–Kier alpha value is -2.89. The standard InChI is InChI=1S/C31H42O6/c1-19(2)11-10-12-20(3)25-17-28(36-23(6)33)26(18-35-22(5)32)30(25)29-21(4)15-16-27(29)37-31(34)24-13-8-7-9-14-24/h7-9,11-14,21,25-30H,10,15-18H2,1-6H3/b20-12-/t21-,25+,26-,27+,28-,29-,30-/m1/s1. The molecule has 6 heteroatoms. The smallest absolute Gasteiger partial charge is 0.338 e. The van der Waals surface area contributed by atoms with Crippen LogP contribution in [0.15, 0.2) is 53.6 Å². The second-order valence-corrected chi connectivity index (χ2v) is 10.9. The van der Waals surface area contributed by atoms with Gasteiger partial charge in [-0.15, -0.1) is 0 Å². The molecule has 0 amide bonds. The highest BCUT2D eigenvalue weighted by Crippen LogP contribution is 2.53. The first-order chi connectivity index (χ1) is 17.6. The Bertz CT molecular complexity index is 1010. The van der Waals surface area contributed by atoms with E-state index in [0.717, 1.165) is 19.3 Å². The molecule has 0 bridgehead atoms. The molecule has 1 aromatic carbocycles. The fourth-order valence-corrected chi connectivity index (χ4v) is 6.31. The van der Waals surface area contributed by atoms with Crippen LogP contribution in [-0.4, -0.2) is 36.7 Å². The van der Waals surface area contributed by atoms with Crippen molar-refractivity contribution in [2.75, 3.05) is 6.61 Å². The number of ether oxygens (including phenoxy) is 3. The third kappa shape index (κ3) is 7.56. The van der Waals surface area contributed by atoms with E-state index in [1.165, 1.54) is 25.0 Å². The molecule has 2 aliphatic carbocycles. The molecule has 0 heterocycles. The Kier molecular flexibility index (Phi) is 10.1. The number of esters is 3. The number of benzene rings is 1. The first kappa shape index (κ1) is 28.7. The fourth-order valence-electron chi connectivity index (χ4n) is 6.31. The van der Waals surface area contributed by atoms with Crippen LogP contribution in [0.5, 0.6) is 0 Å². The molecule has 0 aromatic heterocycles. The lowest BCUT2D eigenvalue weighted by Crippen LogP contribution is -2.39. The summed E-state index contributed by atoms with van der Waals surface area (Å²) in [5.74, 6) is -0.651. The number of carbonyl (C=O) groups excluding carboxylic acids is 3. The van der Waals surface area contributed by atoms with Crippen molar-refractivity contribution >= 4 is 17.9 Å². The Morgan fingerprint density at radius 3 is 2.19 bits per heavy atom. The van der Waals surface area contributed by atoms with Gasteiger partial charge in [0.1, 0.15) is 12.2 Å². The molecule has 2 saturated carbocycles. The van der Waals surface area contributed by atoms with Gasteiger partial charge in [0.25, 0.3) is 0 Å². The van der Waals surface area contributed by atoms with E-state index in [1.807, 2.05) is 18.2 Å². The Morgan fingerprint density at radius 1 is 0.865 bits per heavy atom. The predicted octanol–water partition coefficient (Wildman–Crippen LogP) is 6.31. The summed E-state index contributed by atoms with van der Waals surface area (Å²) in [7, 11) is 0. The zero-order valence-electron chi connectivity index (χ0n) is 23.1. The zero-order valence-corrected chi connectivity index (χ0v) is 23.1. The van der Waals surface area contributed by atoms with Crippen molar-refractivity contribution in [1.29, 1.82) is 0 Å². The van der Waals surface area contributed by atoms with E-state index in [-0.39, 0.29) is 60.4 Å².